The normalized spacial score (nSPS) is 11.8. The lowest BCUT2D eigenvalue weighted by atomic mass is 10.0. The van der Waals surface area contributed by atoms with Crippen molar-refractivity contribution in [3.8, 4) is 39.6 Å². The zero-order valence-electron chi connectivity index (χ0n) is 24.9. The first-order valence-corrected chi connectivity index (χ1v) is 15.1. The average molecular weight is 581 g/mol. The molecule has 0 radical (unpaired) electrons. The minimum atomic E-state index is 0.920. The predicted molar refractivity (Wildman–Crippen MR) is 183 cm³/mol. The molecule has 45 heavy (non-hydrogen) atoms. The number of para-hydroxylation sites is 3. The van der Waals surface area contributed by atoms with Gasteiger partial charge in [0, 0.05) is 53.4 Å². The molecule has 9 aromatic rings. The molecule has 0 aliphatic rings. The van der Waals surface area contributed by atoms with E-state index in [-0.39, 0.29) is 0 Å². The molecule has 0 N–H and O–H groups in total. The van der Waals surface area contributed by atoms with Gasteiger partial charge >= 0.3 is 0 Å². The quantitative estimate of drug-likeness (QED) is 0.209. The summed E-state index contributed by atoms with van der Waals surface area (Å²) in [6, 6.07) is 44.5. The summed E-state index contributed by atoms with van der Waals surface area (Å²) in [5, 5.41) is 2.27. The van der Waals surface area contributed by atoms with Gasteiger partial charge in [-0.3, -0.25) is 4.57 Å². The van der Waals surface area contributed by atoms with Gasteiger partial charge in [-0.1, -0.05) is 78.9 Å². The molecule has 0 aliphatic carbocycles. The van der Waals surface area contributed by atoms with Gasteiger partial charge in [0.1, 0.15) is 17.3 Å². The van der Waals surface area contributed by atoms with Crippen LogP contribution in [0.15, 0.2) is 134 Å². The van der Waals surface area contributed by atoms with Gasteiger partial charge in [0.15, 0.2) is 0 Å². The summed E-state index contributed by atoms with van der Waals surface area (Å²) in [4.78, 5) is 15.0. The molecule has 4 aromatic heterocycles. The van der Waals surface area contributed by atoms with Crippen LogP contribution in [0, 0.1) is 0 Å². The Morgan fingerprint density at radius 1 is 0.511 bits per heavy atom. The summed E-state index contributed by atoms with van der Waals surface area (Å²) in [6.07, 6.45) is 1.87. The van der Waals surface area contributed by atoms with Crippen molar-refractivity contribution >= 4 is 44.0 Å². The third-order valence-corrected chi connectivity index (χ3v) is 8.91. The average Bonchev–Trinajstić information content (AvgIpc) is 3.74. The molecule has 0 bridgehead atoms. The standard InChI is InChI=1S/C39H28N6/c1-43-34-19-7-6-17-32(34)41-37(43)26-13-8-14-28(23-26)45-35-24-27(20-21-30(35)31-16-10-22-40-39(31)45)38-42-33-18-9-15-29(36(33)44(38)2)25-11-4-3-5-12-25/h3-24H,1-2H3. The molecule has 0 saturated carbocycles. The van der Waals surface area contributed by atoms with Crippen molar-refractivity contribution in [2.45, 2.75) is 0 Å². The van der Waals surface area contributed by atoms with Gasteiger partial charge in [0.2, 0.25) is 0 Å². The number of nitrogens with zero attached hydrogens (tertiary/aromatic N) is 6. The molecule has 6 heteroatoms. The molecular weight excluding hydrogens is 552 g/mol. The molecule has 0 spiro atoms. The zero-order valence-corrected chi connectivity index (χ0v) is 24.9. The summed E-state index contributed by atoms with van der Waals surface area (Å²) in [5.74, 6) is 1.86. The van der Waals surface area contributed by atoms with Crippen molar-refractivity contribution in [3.63, 3.8) is 0 Å². The number of imidazole rings is 2. The van der Waals surface area contributed by atoms with Gasteiger partial charge < -0.3 is 9.13 Å². The van der Waals surface area contributed by atoms with Gasteiger partial charge in [-0.05, 0) is 54.1 Å². The molecule has 5 aromatic carbocycles. The van der Waals surface area contributed by atoms with E-state index in [1.54, 1.807) is 0 Å². The Morgan fingerprint density at radius 2 is 1.24 bits per heavy atom. The van der Waals surface area contributed by atoms with Crippen LogP contribution in [-0.4, -0.2) is 28.7 Å². The highest BCUT2D eigenvalue weighted by molar-refractivity contribution is 6.09. The number of aromatic nitrogens is 6. The second-order valence-electron chi connectivity index (χ2n) is 11.5. The topological polar surface area (TPSA) is 53.5 Å². The van der Waals surface area contributed by atoms with Gasteiger partial charge in [0.05, 0.1) is 27.6 Å². The highest BCUT2D eigenvalue weighted by Gasteiger charge is 2.19. The molecule has 214 valence electrons. The second kappa shape index (κ2) is 9.76. The van der Waals surface area contributed by atoms with E-state index in [1.807, 2.05) is 18.3 Å². The van der Waals surface area contributed by atoms with E-state index in [2.05, 4.69) is 143 Å². The van der Waals surface area contributed by atoms with Gasteiger partial charge in [-0.15, -0.1) is 0 Å². The Labute approximate surface area is 259 Å². The summed E-state index contributed by atoms with van der Waals surface area (Å²) >= 11 is 0. The number of rotatable bonds is 4. The highest BCUT2D eigenvalue weighted by Crippen LogP contribution is 2.37. The molecule has 0 amide bonds. The van der Waals surface area contributed by atoms with Crippen molar-refractivity contribution in [1.82, 2.24) is 28.7 Å². The van der Waals surface area contributed by atoms with Crippen molar-refractivity contribution in [2.75, 3.05) is 0 Å². The first kappa shape index (κ1) is 25.5. The number of pyridine rings is 1. The summed E-state index contributed by atoms with van der Waals surface area (Å²) in [6.45, 7) is 0. The lowest BCUT2D eigenvalue weighted by molar-refractivity contribution is 0.958. The van der Waals surface area contributed by atoms with E-state index < -0.39 is 0 Å². The smallest absolute Gasteiger partial charge is 0.145 e. The molecule has 0 saturated heterocycles. The fourth-order valence-electron chi connectivity index (χ4n) is 6.81. The van der Waals surface area contributed by atoms with E-state index >= 15 is 0 Å². The molecule has 6 nitrogen and oxygen atoms in total. The van der Waals surface area contributed by atoms with Crippen LogP contribution >= 0.6 is 0 Å². The minimum absolute atomic E-state index is 0.920. The number of hydrogen-bond donors (Lipinski definition) is 0. The zero-order chi connectivity index (χ0) is 30.1. The van der Waals surface area contributed by atoms with Gasteiger partial charge in [0.25, 0.3) is 0 Å². The fraction of sp³-hybridized carbons (Fsp3) is 0.0513. The van der Waals surface area contributed by atoms with Gasteiger partial charge in [-0.25, -0.2) is 15.0 Å². The maximum absolute atomic E-state index is 5.14. The molecule has 0 atom stereocenters. The minimum Gasteiger partial charge on any atom is -0.327 e. The van der Waals surface area contributed by atoms with E-state index in [1.165, 1.54) is 11.1 Å². The first-order chi connectivity index (χ1) is 22.2. The first-order valence-electron chi connectivity index (χ1n) is 15.1. The Hall–Kier alpha value is -6.01. The Morgan fingerprint density at radius 3 is 2.13 bits per heavy atom. The van der Waals surface area contributed by atoms with Crippen LogP contribution in [-0.2, 0) is 14.1 Å². The monoisotopic (exact) mass is 580 g/mol. The molecule has 4 heterocycles. The summed E-state index contributed by atoms with van der Waals surface area (Å²) in [5.41, 5.74) is 11.7. The molecule has 0 unspecified atom stereocenters. The van der Waals surface area contributed by atoms with Crippen molar-refractivity contribution in [1.29, 1.82) is 0 Å². The van der Waals surface area contributed by atoms with Crippen LogP contribution in [0.5, 0.6) is 0 Å². The lowest BCUT2D eigenvalue weighted by Gasteiger charge is -2.11. The Bertz CT molecular complexity index is 2570. The Kier molecular flexibility index (Phi) is 5.53. The number of hydrogen-bond acceptors (Lipinski definition) is 3. The fourth-order valence-corrected chi connectivity index (χ4v) is 6.81. The number of fused-ring (bicyclic) bond motifs is 5. The number of benzene rings is 5. The van der Waals surface area contributed by atoms with E-state index in [4.69, 9.17) is 15.0 Å². The predicted octanol–water partition coefficient (Wildman–Crippen LogP) is 8.95. The van der Waals surface area contributed by atoms with Crippen molar-refractivity contribution in [2.24, 2.45) is 14.1 Å². The van der Waals surface area contributed by atoms with Crippen LogP contribution in [0.1, 0.15) is 0 Å². The molecule has 9 rings (SSSR count). The lowest BCUT2D eigenvalue weighted by Crippen LogP contribution is -1.98. The second-order valence-corrected chi connectivity index (χ2v) is 11.5. The van der Waals surface area contributed by atoms with Crippen LogP contribution in [0.25, 0.3) is 83.6 Å². The Balaban J connectivity index is 1.25. The van der Waals surface area contributed by atoms with Crippen LogP contribution < -0.4 is 0 Å². The molecular formula is C39H28N6. The highest BCUT2D eigenvalue weighted by atomic mass is 15.1. The largest absolute Gasteiger partial charge is 0.327 e. The van der Waals surface area contributed by atoms with Gasteiger partial charge in [-0.2, -0.15) is 0 Å². The maximum Gasteiger partial charge on any atom is 0.145 e. The van der Waals surface area contributed by atoms with Crippen LogP contribution in [0.2, 0.25) is 0 Å². The third kappa shape index (κ3) is 3.85. The number of aryl methyl sites for hydroxylation is 2. The van der Waals surface area contributed by atoms with E-state index in [9.17, 15) is 0 Å². The molecule has 0 aliphatic heterocycles. The maximum atomic E-state index is 5.14. The van der Waals surface area contributed by atoms with Crippen molar-refractivity contribution < 1.29 is 0 Å². The summed E-state index contributed by atoms with van der Waals surface area (Å²) < 4.78 is 6.64. The third-order valence-electron chi connectivity index (χ3n) is 8.91. The van der Waals surface area contributed by atoms with E-state index in [0.717, 1.165) is 72.5 Å². The van der Waals surface area contributed by atoms with Crippen molar-refractivity contribution in [3.05, 3.63) is 134 Å². The SMILES string of the molecule is Cn1c(-c2cccc(-n3c4cc(-c5nc6cccc(-c7ccccc7)c6n5C)ccc4c4cccnc43)c2)nc2ccccc21. The molecule has 0 fully saturated rings. The van der Waals surface area contributed by atoms with E-state index in [0.29, 0.717) is 0 Å². The summed E-state index contributed by atoms with van der Waals surface area (Å²) in [7, 11) is 4.18. The van der Waals surface area contributed by atoms with Crippen LogP contribution in [0.4, 0.5) is 0 Å². The van der Waals surface area contributed by atoms with Crippen LogP contribution in [0.3, 0.4) is 0 Å².